The van der Waals surface area contributed by atoms with Crippen LogP contribution in [0, 0.1) is 6.92 Å². The summed E-state index contributed by atoms with van der Waals surface area (Å²) >= 11 is 0. The van der Waals surface area contributed by atoms with Gasteiger partial charge in [0.1, 0.15) is 5.75 Å². The third kappa shape index (κ3) is 4.68. The molecule has 0 saturated carbocycles. The molecule has 7 heteroatoms. The van der Waals surface area contributed by atoms with E-state index >= 15 is 0 Å². The zero-order chi connectivity index (χ0) is 20.1. The molecule has 3 aromatic rings. The summed E-state index contributed by atoms with van der Waals surface area (Å²) < 4.78 is 34.4. The number of benzene rings is 2. The molecule has 0 saturated heterocycles. The predicted molar refractivity (Wildman–Crippen MR) is 111 cm³/mol. The topological polar surface area (TPSA) is 73.2 Å². The highest BCUT2D eigenvalue weighted by Crippen LogP contribution is 2.22. The highest BCUT2D eigenvalue weighted by molar-refractivity contribution is 7.92. The number of sulfonamides is 1. The average molecular weight is 398 g/mol. The smallest absolute Gasteiger partial charge is 0.234 e. The number of nitrogens with one attached hydrogen (secondary N) is 1. The molecule has 1 unspecified atom stereocenters. The van der Waals surface area contributed by atoms with Crippen molar-refractivity contribution in [1.82, 2.24) is 14.5 Å². The standard InChI is InChI=1S/C21H23N3O3S/c1-16(23-28(25,26)14-13-18-7-5-4-6-8-18)21-15-22-24(17(21)2)19-9-11-20(27-3)12-10-19/h4-16,23H,1-3H3/b14-13+. The van der Waals surface area contributed by atoms with Gasteiger partial charge in [-0.1, -0.05) is 30.3 Å². The summed E-state index contributed by atoms with van der Waals surface area (Å²) in [4.78, 5) is 0. The van der Waals surface area contributed by atoms with Crippen LogP contribution in [0.1, 0.15) is 29.8 Å². The lowest BCUT2D eigenvalue weighted by molar-refractivity contribution is 0.414. The fourth-order valence-electron chi connectivity index (χ4n) is 2.91. The molecule has 1 aromatic heterocycles. The first-order valence-corrected chi connectivity index (χ1v) is 10.4. The lowest BCUT2D eigenvalue weighted by atomic mass is 10.1. The average Bonchev–Trinajstić information content (AvgIpc) is 3.08. The first-order chi connectivity index (χ1) is 13.4. The highest BCUT2D eigenvalue weighted by atomic mass is 32.2. The van der Waals surface area contributed by atoms with E-state index in [4.69, 9.17) is 4.74 Å². The van der Waals surface area contributed by atoms with E-state index in [0.29, 0.717) is 0 Å². The zero-order valence-corrected chi connectivity index (χ0v) is 16.8. The Balaban J connectivity index is 1.76. The first-order valence-electron chi connectivity index (χ1n) is 8.84. The third-order valence-electron chi connectivity index (χ3n) is 4.41. The summed E-state index contributed by atoms with van der Waals surface area (Å²) in [6.45, 7) is 3.72. The van der Waals surface area contributed by atoms with E-state index in [1.165, 1.54) is 5.41 Å². The van der Waals surface area contributed by atoms with Crippen LogP contribution >= 0.6 is 0 Å². The lowest BCUT2D eigenvalue weighted by Gasteiger charge is -2.13. The van der Waals surface area contributed by atoms with Gasteiger partial charge in [-0.25, -0.2) is 17.8 Å². The number of hydrogen-bond acceptors (Lipinski definition) is 4. The quantitative estimate of drug-likeness (QED) is 0.657. The molecule has 6 nitrogen and oxygen atoms in total. The number of aromatic nitrogens is 2. The van der Waals surface area contributed by atoms with Gasteiger partial charge in [0.05, 0.1) is 19.0 Å². The molecule has 3 rings (SSSR count). The number of methoxy groups -OCH3 is 1. The summed E-state index contributed by atoms with van der Waals surface area (Å²) in [5, 5.41) is 5.59. The van der Waals surface area contributed by atoms with Crippen molar-refractivity contribution in [2.45, 2.75) is 19.9 Å². The van der Waals surface area contributed by atoms with Crippen LogP contribution in [0.2, 0.25) is 0 Å². The van der Waals surface area contributed by atoms with Crippen LogP contribution in [0.25, 0.3) is 11.8 Å². The van der Waals surface area contributed by atoms with E-state index in [0.717, 1.165) is 28.3 Å². The van der Waals surface area contributed by atoms with Crippen LogP contribution in [0.5, 0.6) is 5.75 Å². The Morgan fingerprint density at radius 1 is 1.11 bits per heavy atom. The van der Waals surface area contributed by atoms with Crippen molar-refractivity contribution in [3.63, 3.8) is 0 Å². The molecule has 0 aliphatic rings. The van der Waals surface area contributed by atoms with Crippen LogP contribution in [0.4, 0.5) is 0 Å². The molecule has 0 aliphatic heterocycles. The Kier molecular flexibility index (Phi) is 5.96. The molecular formula is C21H23N3O3S. The molecule has 0 fully saturated rings. The van der Waals surface area contributed by atoms with E-state index < -0.39 is 16.1 Å². The molecule has 146 valence electrons. The van der Waals surface area contributed by atoms with Gasteiger partial charge in [-0.15, -0.1) is 0 Å². The van der Waals surface area contributed by atoms with Gasteiger partial charge in [-0.3, -0.25) is 0 Å². The van der Waals surface area contributed by atoms with Crippen molar-refractivity contribution < 1.29 is 13.2 Å². The molecule has 28 heavy (non-hydrogen) atoms. The summed E-state index contributed by atoms with van der Waals surface area (Å²) in [5.41, 5.74) is 3.38. The van der Waals surface area contributed by atoms with Crippen molar-refractivity contribution in [1.29, 1.82) is 0 Å². The van der Waals surface area contributed by atoms with Crippen LogP contribution in [-0.2, 0) is 10.0 Å². The Hall–Kier alpha value is -2.90. The number of nitrogens with zero attached hydrogens (tertiary/aromatic N) is 2. The monoisotopic (exact) mass is 397 g/mol. The normalized spacial score (nSPS) is 13.0. The summed E-state index contributed by atoms with van der Waals surface area (Å²) in [6.07, 6.45) is 3.26. The fourth-order valence-corrected chi connectivity index (χ4v) is 3.95. The Morgan fingerprint density at radius 2 is 1.79 bits per heavy atom. The van der Waals surface area contributed by atoms with Crippen LogP contribution in [0.15, 0.2) is 66.2 Å². The number of hydrogen-bond donors (Lipinski definition) is 1. The van der Waals surface area contributed by atoms with Gasteiger partial charge in [0.15, 0.2) is 0 Å². The second-order valence-electron chi connectivity index (χ2n) is 6.39. The molecule has 1 heterocycles. The van der Waals surface area contributed by atoms with Crippen LogP contribution in [0.3, 0.4) is 0 Å². The van der Waals surface area contributed by atoms with E-state index in [9.17, 15) is 8.42 Å². The second-order valence-corrected chi connectivity index (χ2v) is 7.99. The first kappa shape index (κ1) is 19.9. The Morgan fingerprint density at radius 3 is 2.43 bits per heavy atom. The summed E-state index contributed by atoms with van der Waals surface area (Å²) in [5.74, 6) is 0.764. The summed E-state index contributed by atoms with van der Waals surface area (Å²) in [6, 6.07) is 16.4. The van der Waals surface area contributed by atoms with Gasteiger partial charge in [-0.2, -0.15) is 5.10 Å². The van der Waals surface area contributed by atoms with E-state index in [2.05, 4.69) is 9.82 Å². The predicted octanol–water partition coefficient (Wildman–Crippen LogP) is 3.84. The van der Waals surface area contributed by atoms with Gasteiger partial charge in [0.25, 0.3) is 0 Å². The molecule has 0 radical (unpaired) electrons. The van der Waals surface area contributed by atoms with Gasteiger partial charge in [0.2, 0.25) is 10.0 Å². The Labute approximate surface area is 165 Å². The van der Waals surface area contributed by atoms with Crippen molar-refractivity contribution in [3.8, 4) is 11.4 Å². The lowest BCUT2D eigenvalue weighted by Crippen LogP contribution is -2.25. The summed E-state index contributed by atoms with van der Waals surface area (Å²) in [7, 11) is -1.98. The highest BCUT2D eigenvalue weighted by Gasteiger charge is 2.18. The van der Waals surface area contributed by atoms with E-state index in [1.54, 1.807) is 31.0 Å². The van der Waals surface area contributed by atoms with Crippen molar-refractivity contribution in [3.05, 3.63) is 83.0 Å². The maximum absolute atomic E-state index is 12.4. The van der Waals surface area contributed by atoms with Crippen molar-refractivity contribution in [2.75, 3.05) is 7.11 Å². The van der Waals surface area contributed by atoms with E-state index in [-0.39, 0.29) is 0 Å². The molecule has 0 spiro atoms. The largest absolute Gasteiger partial charge is 0.497 e. The minimum Gasteiger partial charge on any atom is -0.497 e. The maximum atomic E-state index is 12.4. The molecule has 2 aromatic carbocycles. The van der Waals surface area contributed by atoms with Gasteiger partial charge in [0, 0.05) is 22.7 Å². The van der Waals surface area contributed by atoms with E-state index in [1.807, 2.05) is 61.5 Å². The number of rotatable bonds is 7. The Bertz CT molecular complexity index is 1060. The molecule has 0 bridgehead atoms. The minimum atomic E-state index is -3.59. The van der Waals surface area contributed by atoms with Crippen LogP contribution in [-0.4, -0.2) is 25.3 Å². The second kappa shape index (κ2) is 8.41. The van der Waals surface area contributed by atoms with Gasteiger partial charge < -0.3 is 4.74 Å². The van der Waals surface area contributed by atoms with Crippen molar-refractivity contribution in [2.24, 2.45) is 0 Å². The minimum absolute atomic E-state index is 0.419. The molecule has 0 aliphatic carbocycles. The fraction of sp³-hybridized carbons (Fsp3) is 0.190. The van der Waals surface area contributed by atoms with Crippen LogP contribution < -0.4 is 9.46 Å². The van der Waals surface area contributed by atoms with Gasteiger partial charge >= 0.3 is 0 Å². The number of ether oxygens (including phenoxy) is 1. The molecule has 0 amide bonds. The molecule has 1 atom stereocenters. The maximum Gasteiger partial charge on any atom is 0.234 e. The zero-order valence-electron chi connectivity index (χ0n) is 16.0. The van der Waals surface area contributed by atoms with Gasteiger partial charge in [-0.05, 0) is 49.8 Å². The molecular weight excluding hydrogens is 374 g/mol. The van der Waals surface area contributed by atoms with Crippen molar-refractivity contribution >= 4 is 16.1 Å². The SMILES string of the molecule is COc1ccc(-n2ncc(C(C)NS(=O)(=O)/C=C/c3ccccc3)c2C)cc1. The third-order valence-corrected chi connectivity index (χ3v) is 5.59. The molecule has 1 N–H and O–H groups in total.